The van der Waals surface area contributed by atoms with Crippen LogP contribution in [-0.2, 0) is 19.4 Å². The summed E-state index contributed by atoms with van der Waals surface area (Å²) in [6.07, 6.45) is 2.81. The van der Waals surface area contributed by atoms with Gasteiger partial charge in [-0.2, -0.15) is 0 Å². The molecule has 140 valence electrons. The van der Waals surface area contributed by atoms with E-state index >= 15 is 0 Å². The van der Waals surface area contributed by atoms with E-state index in [1.807, 2.05) is 24.3 Å². The highest BCUT2D eigenvalue weighted by molar-refractivity contribution is 6.30. The molecule has 0 bridgehead atoms. The van der Waals surface area contributed by atoms with Crippen LogP contribution in [0.5, 0.6) is 5.75 Å². The Bertz CT molecular complexity index is 1010. The fourth-order valence-corrected chi connectivity index (χ4v) is 3.85. The number of hydrogen-bond acceptors (Lipinski definition) is 3. The molecule has 0 fully saturated rings. The molecule has 1 aromatic heterocycles. The van der Waals surface area contributed by atoms with E-state index in [-0.39, 0.29) is 5.63 Å². The average molecular weight is 385 g/mol. The summed E-state index contributed by atoms with van der Waals surface area (Å²) in [5.74, 6) is 0.828. The summed E-state index contributed by atoms with van der Waals surface area (Å²) in [4.78, 5) is 13.4. The Balaban J connectivity index is 1.59. The number of rotatable bonds is 5. The molecular weight excluding hydrogens is 362 g/mol. The highest BCUT2D eigenvalue weighted by Crippen LogP contribution is 2.30. The maximum Gasteiger partial charge on any atom is 0.336 e. The fraction of sp³-hybridized carbons (Fsp3) is 0.318. The van der Waals surface area contributed by atoms with Crippen LogP contribution in [0.15, 0.2) is 51.7 Å². The predicted molar refractivity (Wildman–Crippen MR) is 107 cm³/mol. The Morgan fingerprint density at radius 2 is 1.93 bits per heavy atom. The van der Waals surface area contributed by atoms with Crippen LogP contribution in [0.4, 0.5) is 0 Å². The first-order valence-corrected chi connectivity index (χ1v) is 9.81. The van der Waals surface area contributed by atoms with Gasteiger partial charge >= 0.3 is 5.63 Å². The molecule has 1 unspecified atom stereocenters. The minimum Gasteiger partial charge on any atom is -0.445 e. The maximum atomic E-state index is 12.1. The van der Waals surface area contributed by atoms with E-state index < -0.39 is 0 Å². The number of halogens is 1. The third-order valence-corrected chi connectivity index (χ3v) is 5.37. The van der Waals surface area contributed by atoms with Crippen molar-refractivity contribution in [2.45, 2.75) is 32.7 Å². The lowest BCUT2D eigenvalue weighted by Crippen LogP contribution is -3.12. The lowest BCUT2D eigenvalue weighted by Gasteiger charge is -2.26. The molecule has 0 amide bonds. The Kier molecular flexibility index (Phi) is 5.19. The molecule has 3 aromatic rings. The topological polar surface area (TPSA) is 43.9 Å². The first-order valence-electron chi connectivity index (χ1n) is 9.43. The zero-order valence-electron chi connectivity index (χ0n) is 15.4. The molecule has 0 saturated carbocycles. The van der Waals surface area contributed by atoms with E-state index in [2.05, 4.69) is 19.1 Å². The van der Waals surface area contributed by atoms with E-state index in [0.717, 1.165) is 59.6 Å². The van der Waals surface area contributed by atoms with Gasteiger partial charge < -0.3 is 9.15 Å². The van der Waals surface area contributed by atoms with E-state index in [0.29, 0.717) is 12.3 Å². The van der Waals surface area contributed by atoms with Crippen molar-refractivity contribution in [2.75, 3.05) is 13.3 Å². The number of nitrogens with one attached hydrogen (secondary N) is 1. The van der Waals surface area contributed by atoms with Gasteiger partial charge in [0.15, 0.2) is 5.58 Å². The van der Waals surface area contributed by atoms with Crippen molar-refractivity contribution < 1.29 is 14.1 Å². The van der Waals surface area contributed by atoms with E-state index in [4.69, 9.17) is 20.8 Å². The summed E-state index contributed by atoms with van der Waals surface area (Å²) >= 11 is 5.96. The van der Waals surface area contributed by atoms with Gasteiger partial charge in [-0.05, 0) is 41.8 Å². The van der Waals surface area contributed by atoms with Gasteiger partial charge in [0.1, 0.15) is 12.3 Å². The molecule has 27 heavy (non-hydrogen) atoms. The van der Waals surface area contributed by atoms with E-state index in [1.54, 1.807) is 6.07 Å². The van der Waals surface area contributed by atoms with Crippen molar-refractivity contribution in [3.05, 3.63) is 74.6 Å². The minimum atomic E-state index is -0.285. The second kappa shape index (κ2) is 7.75. The van der Waals surface area contributed by atoms with Crippen molar-refractivity contribution >= 4 is 22.6 Å². The number of fused-ring (bicyclic) bond motifs is 3. The van der Waals surface area contributed by atoms with Crippen LogP contribution in [-0.4, -0.2) is 13.3 Å². The smallest absolute Gasteiger partial charge is 0.336 e. The molecule has 5 heteroatoms. The van der Waals surface area contributed by atoms with Gasteiger partial charge in [0.25, 0.3) is 0 Å². The lowest BCUT2D eigenvalue weighted by atomic mass is 10.0. The largest absolute Gasteiger partial charge is 0.445 e. The molecule has 1 aliphatic rings. The number of benzene rings is 2. The average Bonchev–Trinajstić information content (AvgIpc) is 2.67. The summed E-state index contributed by atoms with van der Waals surface area (Å²) in [5.41, 5.74) is 3.71. The molecular formula is C22H23ClNO3+. The third-order valence-electron chi connectivity index (χ3n) is 5.12. The molecule has 4 nitrogen and oxygen atoms in total. The molecule has 1 atom stereocenters. The van der Waals surface area contributed by atoms with E-state index in [9.17, 15) is 4.79 Å². The molecule has 2 aromatic carbocycles. The van der Waals surface area contributed by atoms with Gasteiger partial charge in [0.05, 0.1) is 12.1 Å². The van der Waals surface area contributed by atoms with Gasteiger partial charge in [0.2, 0.25) is 6.73 Å². The van der Waals surface area contributed by atoms with Crippen LogP contribution >= 0.6 is 11.6 Å². The Morgan fingerprint density at radius 3 is 2.70 bits per heavy atom. The second-order valence-electron chi connectivity index (χ2n) is 7.10. The van der Waals surface area contributed by atoms with Crippen LogP contribution < -0.4 is 15.3 Å². The zero-order chi connectivity index (χ0) is 18.8. The highest BCUT2D eigenvalue weighted by Gasteiger charge is 2.24. The van der Waals surface area contributed by atoms with Gasteiger partial charge in [-0.15, -0.1) is 0 Å². The van der Waals surface area contributed by atoms with Crippen LogP contribution in [0, 0.1) is 0 Å². The quantitative estimate of drug-likeness (QED) is 0.686. The minimum absolute atomic E-state index is 0.285. The fourth-order valence-electron chi connectivity index (χ4n) is 3.72. The molecule has 1 aliphatic heterocycles. The lowest BCUT2D eigenvalue weighted by molar-refractivity contribution is -0.932. The normalized spacial score (nSPS) is 16.1. The van der Waals surface area contributed by atoms with Gasteiger partial charge in [-0.1, -0.05) is 37.1 Å². The molecule has 2 heterocycles. The van der Waals surface area contributed by atoms with Crippen molar-refractivity contribution in [1.29, 1.82) is 0 Å². The SMILES string of the molecule is CCCc1cc(=O)oc2c3c(ccc12)OC[NH+](CCc1ccc(Cl)cc1)C3. The van der Waals surface area contributed by atoms with Crippen LogP contribution in [0.2, 0.25) is 5.02 Å². The zero-order valence-corrected chi connectivity index (χ0v) is 16.1. The van der Waals surface area contributed by atoms with Crippen molar-refractivity contribution in [3.63, 3.8) is 0 Å². The number of aryl methyl sites for hydroxylation is 1. The summed E-state index contributed by atoms with van der Waals surface area (Å²) in [7, 11) is 0. The summed E-state index contributed by atoms with van der Waals surface area (Å²) < 4.78 is 11.6. The number of hydrogen-bond donors (Lipinski definition) is 1. The Labute approximate surface area is 163 Å². The Hall–Kier alpha value is -2.30. The van der Waals surface area contributed by atoms with Crippen LogP contribution in [0.3, 0.4) is 0 Å². The monoisotopic (exact) mass is 384 g/mol. The first kappa shape index (κ1) is 18.1. The number of quaternary nitrogens is 1. The molecule has 0 radical (unpaired) electrons. The summed E-state index contributed by atoms with van der Waals surface area (Å²) in [6.45, 7) is 4.46. The van der Waals surface area contributed by atoms with Crippen molar-refractivity contribution in [1.82, 2.24) is 0 Å². The Morgan fingerprint density at radius 1 is 1.11 bits per heavy atom. The van der Waals surface area contributed by atoms with Gasteiger partial charge in [-0.25, -0.2) is 4.79 Å². The van der Waals surface area contributed by atoms with Gasteiger partial charge in [-0.3, -0.25) is 4.90 Å². The van der Waals surface area contributed by atoms with Gasteiger partial charge in [0, 0.05) is 22.9 Å². The number of ether oxygens (including phenoxy) is 1. The first-order chi connectivity index (χ1) is 13.1. The summed E-state index contributed by atoms with van der Waals surface area (Å²) in [6, 6.07) is 13.6. The molecule has 0 spiro atoms. The van der Waals surface area contributed by atoms with Crippen LogP contribution in [0.25, 0.3) is 11.0 Å². The molecule has 0 saturated heterocycles. The second-order valence-corrected chi connectivity index (χ2v) is 7.54. The third kappa shape index (κ3) is 3.87. The molecule has 4 rings (SSSR count). The molecule has 1 N–H and O–H groups in total. The van der Waals surface area contributed by atoms with Crippen LogP contribution in [0.1, 0.15) is 30.0 Å². The predicted octanol–water partition coefficient (Wildman–Crippen LogP) is 3.38. The van der Waals surface area contributed by atoms with E-state index in [1.165, 1.54) is 10.5 Å². The molecule has 0 aliphatic carbocycles. The van der Waals surface area contributed by atoms with Crippen molar-refractivity contribution in [3.8, 4) is 5.75 Å². The highest BCUT2D eigenvalue weighted by atomic mass is 35.5. The summed E-state index contributed by atoms with van der Waals surface area (Å²) in [5, 5.41) is 1.78. The standard InChI is InChI=1S/C22H22ClNO3/c1-2-3-16-12-21(25)27-22-18(16)8-9-20-19(22)13-24(14-26-20)11-10-15-4-6-17(23)7-5-15/h4-9,12H,2-3,10-11,13-14H2,1H3/p+1. The maximum absolute atomic E-state index is 12.1. The van der Waals surface area contributed by atoms with Crippen molar-refractivity contribution in [2.24, 2.45) is 0 Å².